The molecule has 0 spiro atoms. The van der Waals surface area contributed by atoms with Crippen molar-refractivity contribution >= 4 is 23.5 Å². The van der Waals surface area contributed by atoms with E-state index in [1.54, 1.807) is 12.3 Å². The number of carbonyl (C=O) groups excluding carboxylic acids is 1. The molecule has 1 saturated carbocycles. The molecule has 1 aromatic rings. The quantitative estimate of drug-likeness (QED) is 0.876. The van der Waals surface area contributed by atoms with E-state index in [9.17, 15) is 4.79 Å². The van der Waals surface area contributed by atoms with E-state index < -0.39 is 0 Å². The normalized spacial score (nSPS) is 22.3. The monoisotopic (exact) mass is 293 g/mol. The minimum atomic E-state index is 0.0131. The van der Waals surface area contributed by atoms with Crippen molar-refractivity contribution in [3.8, 4) is 0 Å². The summed E-state index contributed by atoms with van der Waals surface area (Å²) in [7, 11) is 0. The summed E-state index contributed by atoms with van der Waals surface area (Å²) in [5, 5.41) is 7.04. The molecule has 2 N–H and O–H groups in total. The third kappa shape index (κ3) is 4.13. The van der Waals surface area contributed by atoms with Gasteiger partial charge >= 0.3 is 0 Å². The summed E-state index contributed by atoms with van der Waals surface area (Å²) in [4.78, 5) is 16.4. The third-order valence-corrected chi connectivity index (χ3v) is 4.86. The van der Waals surface area contributed by atoms with E-state index in [0.717, 1.165) is 30.5 Å². The highest BCUT2D eigenvalue weighted by atomic mass is 32.2. The third-order valence-electron chi connectivity index (χ3n) is 3.72. The first kappa shape index (κ1) is 15.2. The highest BCUT2D eigenvalue weighted by Gasteiger charge is 2.22. The van der Waals surface area contributed by atoms with E-state index in [4.69, 9.17) is 0 Å². The van der Waals surface area contributed by atoms with Crippen molar-refractivity contribution in [2.45, 2.75) is 43.9 Å². The maximum Gasteiger partial charge on any atom is 0.251 e. The molecule has 2 rings (SSSR count). The average Bonchev–Trinajstić information content (AvgIpc) is 2.48. The molecule has 4 nitrogen and oxygen atoms in total. The highest BCUT2D eigenvalue weighted by Crippen LogP contribution is 2.27. The molecule has 0 aliphatic heterocycles. The molecule has 5 heteroatoms. The Morgan fingerprint density at radius 1 is 1.40 bits per heavy atom. The second-order valence-corrected chi connectivity index (χ2v) is 6.28. The van der Waals surface area contributed by atoms with Crippen molar-refractivity contribution in [2.24, 2.45) is 0 Å². The maximum absolute atomic E-state index is 12.2. The fraction of sp³-hybridized carbons (Fsp3) is 0.600. The van der Waals surface area contributed by atoms with Gasteiger partial charge in [0.05, 0.1) is 0 Å². The van der Waals surface area contributed by atoms with Crippen LogP contribution in [0.3, 0.4) is 0 Å². The molecule has 1 fully saturated rings. The van der Waals surface area contributed by atoms with Crippen molar-refractivity contribution < 1.29 is 4.79 Å². The van der Waals surface area contributed by atoms with Gasteiger partial charge in [-0.2, -0.15) is 11.8 Å². The molecule has 1 heterocycles. The summed E-state index contributed by atoms with van der Waals surface area (Å²) in [6, 6.07) is 3.90. The van der Waals surface area contributed by atoms with Gasteiger partial charge in [-0.05, 0) is 51.0 Å². The first-order valence-corrected chi connectivity index (χ1v) is 8.55. The molecule has 0 atom stereocenters. The molecule has 1 amide bonds. The van der Waals surface area contributed by atoms with Gasteiger partial charge < -0.3 is 10.6 Å². The lowest BCUT2D eigenvalue weighted by Crippen LogP contribution is -2.38. The van der Waals surface area contributed by atoms with Gasteiger partial charge in [0, 0.05) is 29.6 Å². The lowest BCUT2D eigenvalue weighted by atomic mass is 9.95. The first-order valence-electron chi connectivity index (χ1n) is 7.26. The summed E-state index contributed by atoms with van der Waals surface area (Å²) >= 11 is 1.94. The summed E-state index contributed by atoms with van der Waals surface area (Å²) in [5.41, 5.74) is 0.683. The number of thioether (sulfide) groups is 1. The van der Waals surface area contributed by atoms with Crippen molar-refractivity contribution in [3.05, 3.63) is 23.9 Å². The molecule has 0 radical (unpaired) electrons. The molecule has 0 bridgehead atoms. The zero-order valence-electron chi connectivity index (χ0n) is 12.2. The van der Waals surface area contributed by atoms with Gasteiger partial charge in [0.15, 0.2) is 0 Å². The number of aromatic nitrogens is 1. The van der Waals surface area contributed by atoms with E-state index in [-0.39, 0.29) is 5.91 Å². The zero-order chi connectivity index (χ0) is 14.4. The van der Waals surface area contributed by atoms with Gasteiger partial charge in [-0.25, -0.2) is 4.98 Å². The lowest BCUT2D eigenvalue weighted by molar-refractivity contribution is 0.0928. The molecule has 0 saturated heterocycles. The highest BCUT2D eigenvalue weighted by molar-refractivity contribution is 7.99. The summed E-state index contributed by atoms with van der Waals surface area (Å²) in [6.45, 7) is 2.81. The Hall–Kier alpha value is -1.23. The Morgan fingerprint density at radius 2 is 2.15 bits per heavy atom. The van der Waals surface area contributed by atoms with E-state index in [2.05, 4.69) is 21.9 Å². The molecule has 0 aromatic carbocycles. The molecule has 20 heavy (non-hydrogen) atoms. The molecule has 1 aliphatic rings. The molecular formula is C15H23N3OS. The maximum atomic E-state index is 12.2. The number of carbonyl (C=O) groups is 1. The molecule has 110 valence electrons. The topological polar surface area (TPSA) is 54.0 Å². The Bertz CT molecular complexity index is 444. The van der Waals surface area contributed by atoms with Gasteiger partial charge in [0.25, 0.3) is 5.91 Å². The van der Waals surface area contributed by atoms with Crippen molar-refractivity contribution in [3.63, 3.8) is 0 Å². The standard InChI is InChI=1S/C15H23N3OS/c1-3-16-14-10-11(8-9-17-14)15(19)18-12-4-6-13(20-2)7-5-12/h8-10,12-13H,3-7H2,1-2H3,(H,16,17)(H,18,19). The smallest absolute Gasteiger partial charge is 0.251 e. The fourth-order valence-corrected chi connectivity index (χ4v) is 3.30. The Morgan fingerprint density at radius 3 is 2.80 bits per heavy atom. The van der Waals surface area contributed by atoms with Crippen LogP contribution in [0, 0.1) is 0 Å². The van der Waals surface area contributed by atoms with E-state index in [1.807, 2.05) is 24.8 Å². The van der Waals surface area contributed by atoms with Crippen molar-refractivity contribution in [2.75, 3.05) is 18.1 Å². The molecule has 0 unspecified atom stereocenters. The molecular weight excluding hydrogens is 270 g/mol. The number of nitrogens with zero attached hydrogens (tertiary/aromatic N) is 1. The SMILES string of the molecule is CCNc1cc(C(=O)NC2CCC(SC)CC2)ccn1. The van der Waals surface area contributed by atoms with Crippen molar-refractivity contribution in [1.82, 2.24) is 10.3 Å². The van der Waals surface area contributed by atoms with E-state index >= 15 is 0 Å². The van der Waals surface area contributed by atoms with Crippen LogP contribution in [-0.4, -0.2) is 35.0 Å². The summed E-state index contributed by atoms with van der Waals surface area (Å²) in [5.74, 6) is 0.769. The van der Waals surface area contributed by atoms with Gasteiger partial charge in [0.1, 0.15) is 5.82 Å². The fourth-order valence-electron chi connectivity index (χ4n) is 2.56. The number of anilines is 1. The second-order valence-electron chi connectivity index (χ2n) is 5.14. The zero-order valence-corrected chi connectivity index (χ0v) is 13.0. The van der Waals surface area contributed by atoms with Gasteiger partial charge in [-0.3, -0.25) is 4.79 Å². The molecule has 1 aliphatic carbocycles. The number of rotatable bonds is 5. The Balaban J connectivity index is 1.90. The summed E-state index contributed by atoms with van der Waals surface area (Å²) < 4.78 is 0. The predicted octanol–water partition coefficient (Wildman–Crippen LogP) is 2.92. The van der Waals surface area contributed by atoms with Crippen LogP contribution in [0.1, 0.15) is 43.0 Å². The van der Waals surface area contributed by atoms with Gasteiger partial charge in [-0.15, -0.1) is 0 Å². The summed E-state index contributed by atoms with van der Waals surface area (Å²) in [6.07, 6.45) is 8.42. The first-order chi connectivity index (χ1) is 9.72. The van der Waals surface area contributed by atoms with E-state index in [1.165, 1.54) is 12.8 Å². The number of amides is 1. The number of hydrogen-bond acceptors (Lipinski definition) is 4. The van der Waals surface area contributed by atoms with Gasteiger partial charge in [-0.1, -0.05) is 0 Å². The van der Waals surface area contributed by atoms with Gasteiger partial charge in [0.2, 0.25) is 0 Å². The minimum Gasteiger partial charge on any atom is -0.370 e. The van der Waals surface area contributed by atoms with Crippen LogP contribution in [-0.2, 0) is 0 Å². The van der Waals surface area contributed by atoms with Crippen LogP contribution in [0.15, 0.2) is 18.3 Å². The van der Waals surface area contributed by atoms with Crippen LogP contribution in [0.2, 0.25) is 0 Å². The van der Waals surface area contributed by atoms with Crippen LogP contribution in [0.4, 0.5) is 5.82 Å². The Kier molecular flexibility index (Phi) is 5.71. The number of pyridine rings is 1. The Labute approximate surface area is 125 Å². The molecule has 1 aromatic heterocycles. The number of hydrogen-bond donors (Lipinski definition) is 2. The van der Waals surface area contributed by atoms with Crippen LogP contribution >= 0.6 is 11.8 Å². The largest absolute Gasteiger partial charge is 0.370 e. The second kappa shape index (κ2) is 7.53. The van der Waals surface area contributed by atoms with Crippen molar-refractivity contribution in [1.29, 1.82) is 0 Å². The minimum absolute atomic E-state index is 0.0131. The van der Waals surface area contributed by atoms with Crippen LogP contribution in [0.5, 0.6) is 0 Å². The lowest BCUT2D eigenvalue weighted by Gasteiger charge is -2.28. The van der Waals surface area contributed by atoms with Crippen LogP contribution in [0.25, 0.3) is 0 Å². The van der Waals surface area contributed by atoms with E-state index in [0.29, 0.717) is 11.6 Å². The van der Waals surface area contributed by atoms with Crippen LogP contribution < -0.4 is 10.6 Å². The predicted molar refractivity (Wildman–Crippen MR) is 85.4 cm³/mol. The average molecular weight is 293 g/mol. The number of nitrogens with one attached hydrogen (secondary N) is 2.